The summed E-state index contributed by atoms with van der Waals surface area (Å²) in [7, 11) is 1.82. The first-order valence-electron chi connectivity index (χ1n) is 9.60. The molecule has 0 spiro atoms. The van der Waals surface area contributed by atoms with Gasteiger partial charge in [-0.3, -0.25) is 9.20 Å². The summed E-state index contributed by atoms with van der Waals surface area (Å²) in [6.45, 7) is 2.91. The second-order valence-electron chi connectivity index (χ2n) is 7.54. The van der Waals surface area contributed by atoms with Gasteiger partial charge in [-0.1, -0.05) is 22.0 Å². The summed E-state index contributed by atoms with van der Waals surface area (Å²) in [5.41, 5.74) is 12.0. The molecule has 1 atom stereocenters. The number of aromatic nitrogens is 3. The molecule has 0 aliphatic carbocycles. The average molecular weight is 466 g/mol. The van der Waals surface area contributed by atoms with Crippen LogP contribution in [0.1, 0.15) is 33.2 Å². The maximum Gasteiger partial charge on any atom is 0.254 e. The minimum absolute atomic E-state index is 0.0805. The normalized spacial score (nSPS) is 16.0. The average Bonchev–Trinajstić information content (AvgIpc) is 3.14. The van der Waals surface area contributed by atoms with Crippen molar-refractivity contribution in [3.63, 3.8) is 0 Å². The van der Waals surface area contributed by atoms with Gasteiger partial charge in [0, 0.05) is 17.1 Å². The summed E-state index contributed by atoms with van der Waals surface area (Å²) < 4.78 is 8.65. The molecule has 2 aromatic heterocycles. The van der Waals surface area contributed by atoms with E-state index in [2.05, 4.69) is 32.0 Å². The van der Waals surface area contributed by atoms with Crippen LogP contribution in [-0.4, -0.2) is 38.8 Å². The SMILES string of the molecule is Cc1ncn2c1c(N)nc1ccc(C(=O)N(C)C3COCc4cc(Br)ccc43)cc12. The Hall–Kier alpha value is -2.97. The molecule has 3 heterocycles. The lowest BCUT2D eigenvalue weighted by atomic mass is 9.97. The number of fused-ring (bicyclic) bond motifs is 4. The smallest absolute Gasteiger partial charge is 0.254 e. The third kappa shape index (κ3) is 2.95. The first kappa shape index (κ1) is 19.0. The van der Waals surface area contributed by atoms with Crippen LogP contribution in [0.2, 0.25) is 0 Å². The molecule has 5 rings (SSSR count). The van der Waals surface area contributed by atoms with Crippen LogP contribution in [0.15, 0.2) is 47.2 Å². The first-order valence-corrected chi connectivity index (χ1v) is 10.4. The van der Waals surface area contributed by atoms with E-state index in [0.717, 1.165) is 32.3 Å². The van der Waals surface area contributed by atoms with Gasteiger partial charge in [0.05, 0.1) is 36.0 Å². The fraction of sp³-hybridized carbons (Fsp3) is 0.227. The number of ether oxygens (including phenoxy) is 1. The molecule has 30 heavy (non-hydrogen) atoms. The zero-order valence-electron chi connectivity index (χ0n) is 16.6. The Morgan fingerprint density at radius 2 is 2.13 bits per heavy atom. The molecule has 0 bridgehead atoms. The minimum atomic E-state index is -0.148. The number of imidazole rings is 1. The standard InChI is InChI=1S/C22H20BrN5O2/c1-12-20-21(24)26-17-6-3-13(8-18(17)28(20)11-25-12)22(29)27(2)19-10-30-9-14-7-15(23)4-5-16(14)19/h3-8,11,19H,9-10H2,1-2H3,(H2,24,26). The van der Waals surface area contributed by atoms with Gasteiger partial charge in [-0.2, -0.15) is 0 Å². The molecule has 1 unspecified atom stereocenters. The second-order valence-corrected chi connectivity index (χ2v) is 8.45. The number of nitrogens with zero attached hydrogens (tertiary/aromatic N) is 4. The predicted molar refractivity (Wildman–Crippen MR) is 118 cm³/mol. The number of hydrogen-bond donors (Lipinski definition) is 1. The molecule has 1 amide bonds. The Bertz CT molecular complexity index is 1320. The largest absolute Gasteiger partial charge is 0.382 e. The Morgan fingerprint density at radius 1 is 1.30 bits per heavy atom. The van der Waals surface area contributed by atoms with E-state index in [-0.39, 0.29) is 11.9 Å². The molecular formula is C22H20BrN5O2. The number of hydrogen-bond acceptors (Lipinski definition) is 5. The Labute approximate surface area is 181 Å². The fourth-order valence-corrected chi connectivity index (χ4v) is 4.52. The third-order valence-electron chi connectivity index (χ3n) is 5.70. The van der Waals surface area contributed by atoms with E-state index in [1.807, 2.05) is 42.6 Å². The van der Waals surface area contributed by atoms with Crippen LogP contribution in [0.3, 0.4) is 0 Å². The third-order valence-corrected chi connectivity index (χ3v) is 6.19. The number of nitrogen functional groups attached to an aromatic ring is 1. The molecule has 0 saturated carbocycles. The zero-order valence-corrected chi connectivity index (χ0v) is 18.2. The molecule has 4 aromatic rings. The molecular weight excluding hydrogens is 446 g/mol. The Kier molecular flexibility index (Phi) is 4.48. The summed E-state index contributed by atoms with van der Waals surface area (Å²) >= 11 is 3.50. The van der Waals surface area contributed by atoms with E-state index < -0.39 is 0 Å². The van der Waals surface area contributed by atoms with Crippen molar-refractivity contribution in [2.24, 2.45) is 0 Å². The molecule has 7 nitrogen and oxygen atoms in total. The van der Waals surface area contributed by atoms with E-state index in [1.165, 1.54) is 0 Å². The molecule has 0 saturated heterocycles. The van der Waals surface area contributed by atoms with Crippen LogP contribution >= 0.6 is 15.9 Å². The molecule has 152 valence electrons. The predicted octanol–water partition coefficient (Wildman–Crippen LogP) is 3.88. The van der Waals surface area contributed by atoms with Crippen molar-refractivity contribution in [1.29, 1.82) is 0 Å². The number of amides is 1. The molecule has 1 aliphatic heterocycles. The number of anilines is 1. The van der Waals surface area contributed by atoms with Crippen molar-refractivity contribution in [2.45, 2.75) is 19.6 Å². The molecule has 2 aromatic carbocycles. The van der Waals surface area contributed by atoms with E-state index in [4.69, 9.17) is 10.5 Å². The van der Waals surface area contributed by atoms with Crippen LogP contribution in [0.5, 0.6) is 0 Å². The number of aryl methyl sites for hydroxylation is 1. The van der Waals surface area contributed by atoms with Gasteiger partial charge in [-0.25, -0.2) is 9.97 Å². The highest BCUT2D eigenvalue weighted by molar-refractivity contribution is 9.10. The molecule has 1 aliphatic rings. The van der Waals surface area contributed by atoms with Gasteiger partial charge < -0.3 is 15.4 Å². The van der Waals surface area contributed by atoms with Crippen molar-refractivity contribution in [2.75, 3.05) is 19.4 Å². The highest BCUT2D eigenvalue weighted by atomic mass is 79.9. The molecule has 2 N–H and O–H groups in total. The molecule has 0 fully saturated rings. The molecule has 0 radical (unpaired) electrons. The van der Waals surface area contributed by atoms with Crippen molar-refractivity contribution in [1.82, 2.24) is 19.3 Å². The number of carbonyl (C=O) groups excluding carboxylic acids is 1. The lowest BCUT2D eigenvalue weighted by Gasteiger charge is -2.33. The van der Waals surface area contributed by atoms with Crippen molar-refractivity contribution in [3.8, 4) is 0 Å². The maximum atomic E-state index is 13.4. The lowest BCUT2D eigenvalue weighted by molar-refractivity contribution is 0.0346. The number of rotatable bonds is 2. The van der Waals surface area contributed by atoms with Gasteiger partial charge in [0.1, 0.15) is 17.7 Å². The Morgan fingerprint density at radius 3 is 2.97 bits per heavy atom. The second kappa shape index (κ2) is 7.07. The summed E-state index contributed by atoms with van der Waals surface area (Å²) in [5, 5.41) is 0. The van der Waals surface area contributed by atoms with Crippen molar-refractivity contribution < 1.29 is 9.53 Å². The van der Waals surface area contributed by atoms with Crippen LogP contribution in [-0.2, 0) is 11.3 Å². The van der Waals surface area contributed by atoms with Crippen molar-refractivity contribution in [3.05, 3.63) is 69.6 Å². The van der Waals surface area contributed by atoms with E-state index in [9.17, 15) is 4.79 Å². The highest BCUT2D eigenvalue weighted by Gasteiger charge is 2.28. The zero-order chi connectivity index (χ0) is 21.0. The minimum Gasteiger partial charge on any atom is -0.382 e. The number of halogens is 1. The van der Waals surface area contributed by atoms with Gasteiger partial charge in [-0.05, 0) is 48.4 Å². The van der Waals surface area contributed by atoms with Gasteiger partial charge in [0.15, 0.2) is 0 Å². The Balaban J connectivity index is 1.55. The first-order chi connectivity index (χ1) is 14.4. The van der Waals surface area contributed by atoms with E-state index in [0.29, 0.717) is 30.1 Å². The van der Waals surface area contributed by atoms with Crippen LogP contribution < -0.4 is 5.73 Å². The summed E-state index contributed by atoms with van der Waals surface area (Å²) in [6.07, 6.45) is 1.71. The number of nitrogens with two attached hydrogens (primary N) is 1. The lowest BCUT2D eigenvalue weighted by Crippen LogP contribution is -2.36. The summed E-state index contributed by atoms with van der Waals surface area (Å²) in [4.78, 5) is 23.9. The highest BCUT2D eigenvalue weighted by Crippen LogP contribution is 2.32. The topological polar surface area (TPSA) is 85.8 Å². The number of carbonyl (C=O) groups is 1. The monoisotopic (exact) mass is 465 g/mol. The van der Waals surface area contributed by atoms with Gasteiger partial charge in [0.25, 0.3) is 5.91 Å². The van der Waals surface area contributed by atoms with Crippen LogP contribution in [0.25, 0.3) is 16.6 Å². The van der Waals surface area contributed by atoms with Crippen LogP contribution in [0, 0.1) is 6.92 Å². The number of likely N-dealkylation sites (N-methyl/N-ethyl adjacent to an activating group) is 1. The van der Waals surface area contributed by atoms with Gasteiger partial charge >= 0.3 is 0 Å². The summed E-state index contributed by atoms with van der Waals surface area (Å²) in [6, 6.07) is 11.4. The van der Waals surface area contributed by atoms with Crippen molar-refractivity contribution >= 4 is 44.2 Å². The quantitative estimate of drug-likeness (QED) is 0.485. The van der Waals surface area contributed by atoms with Gasteiger partial charge in [-0.15, -0.1) is 0 Å². The van der Waals surface area contributed by atoms with Crippen LogP contribution in [0.4, 0.5) is 5.82 Å². The summed E-state index contributed by atoms with van der Waals surface area (Å²) in [5.74, 6) is 0.346. The van der Waals surface area contributed by atoms with E-state index in [1.54, 1.807) is 17.3 Å². The van der Waals surface area contributed by atoms with Gasteiger partial charge in [0.2, 0.25) is 0 Å². The van der Waals surface area contributed by atoms with E-state index >= 15 is 0 Å². The maximum absolute atomic E-state index is 13.4. The number of benzene rings is 2. The fourth-order valence-electron chi connectivity index (χ4n) is 4.12. The molecule has 8 heteroatoms.